The molecule has 162 valence electrons. The fraction of sp³-hybridized carbons (Fsp3) is 0.130. The van der Waals surface area contributed by atoms with E-state index in [2.05, 4.69) is 36.5 Å². The number of aromatic nitrogens is 2. The molecular formula is C23H19BrN4O3S. The first-order chi connectivity index (χ1) is 15.4. The zero-order chi connectivity index (χ0) is 22.7. The average Bonchev–Trinajstić information content (AvgIpc) is 3.21. The van der Waals surface area contributed by atoms with E-state index < -0.39 is 0 Å². The van der Waals surface area contributed by atoms with E-state index in [1.165, 1.54) is 0 Å². The Labute approximate surface area is 198 Å². The third kappa shape index (κ3) is 4.79. The molecular weight excluding hydrogens is 492 g/mol. The van der Waals surface area contributed by atoms with Gasteiger partial charge in [0.1, 0.15) is 5.75 Å². The van der Waals surface area contributed by atoms with Crippen LogP contribution in [0.5, 0.6) is 5.75 Å². The number of carbonyl (C=O) groups excluding carboxylic acids is 1. The highest BCUT2D eigenvalue weighted by molar-refractivity contribution is 9.10. The Hall–Kier alpha value is -3.30. The maximum atomic E-state index is 12.5. The lowest BCUT2D eigenvalue weighted by atomic mass is 10.1. The summed E-state index contributed by atoms with van der Waals surface area (Å²) in [5.74, 6) is 0.847. The second-order valence-electron chi connectivity index (χ2n) is 6.86. The second-order valence-corrected chi connectivity index (χ2v) is 8.12. The molecule has 0 spiro atoms. The van der Waals surface area contributed by atoms with Crippen molar-refractivity contribution in [3.63, 3.8) is 0 Å². The van der Waals surface area contributed by atoms with Crippen molar-refractivity contribution in [2.24, 2.45) is 0 Å². The van der Waals surface area contributed by atoms with Crippen molar-refractivity contribution < 1.29 is 13.9 Å². The van der Waals surface area contributed by atoms with Crippen LogP contribution >= 0.6 is 28.1 Å². The van der Waals surface area contributed by atoms with Crippen LogP contribution in [0, 0.1) is 6.92 Å². The van der Waals surface area contributed by atoms with Gasteiger partial charge in [0, 0.05) is 23.0 Å². The number of nitrogens with zero attached hydrogens (tertiary/aromatic N) is 2. The van der Waals surface area contributed by atoms with Gasteiger partial charge in [-0.05, 0) is 96.1 Å². The molecule has 0 aliphatic carbocycles. The molecule has 0 fully saturated rings. The molecule has 2 heterocycles. The Morgan fingerprint density at radius 2 is 2.06 bits per heavy atom. The minimum Gasteiger partial charge on any atom is -0.493 e. The van der Waals surface area contributed by atoms with Gasteiger partial charge in [-0.25, -0.2) is 4.98 Å². The first-order valence-electron chi connectivity index (χ1n) is 9.82. The first kappa shape index (κ1) is 21.9. The van der Waals surface area contributed by atoms with E-state index in [1.54, 1.807) is 30.5 Å². The average molecular weight is 511 g/mol. The second kappa shape index (κ2) is 9.46. The van der Waals surface area contributed by atoms with Crippen molar-refractivity contribution in [1.82, 2.24) is 15.3 Å². The number of nitrogens with one attached hydrogen (secondary N) is 2. The van der Waals surface area contributed by atoms with E-state index in [9.17, 15) is 4.79 Å². The van der Waals surface area contributed by atoms with Gasteiger partial charge in [0.15, 0.2) is 16.3 Å². The van der Waals surface area contributed by atoms with Crippen LogP contribution in [0.4, 0.5) is 5.69 Å². The minimum atomic E-state index is -0.320. The maximum Gasteiger partial charge on any atom is 0.257 e. The lowest BCUT2D eigenvalue weighted by Gasteiger charge is -2.13. The fourth-order valence-corrected chi connectivity index (χ4v) is 3.77. The molecule has 0 saturated carbocycles. The van der Waals surface area contributed by atoms with Crippen molar-refractivity contribution >= 4 is 56.1 Å². The van der Waals surface area contributed by atoms with Gasteiger partial charge >= 0.3 is 0 Å². The summed E-state index contributed by atoms with van der Waals surface area (Å²) in [5, 5.41) is 5.95. The highest BCUT2D eigenvalue weighted by Gasteiger charge is 2.13. The zero-order valence-electron chi connectivity index (χ0n) is 17.3. The molecule has 32 heavy (non-hydrogen) atoms. The van der Waals surface area contributed by atoms with Crippen LogP contribution in [0.2, 0.25) is 0 Å². The standard InChI is InChI=1S/C23H19BrN4O3S/c1-3-30-18-9-7-14(12-16(18)24)21(29)28-23(32)26-17-8-6-15(11-13(17)2)22-27-20-19(31-22)5-4-10-25-20/h4-12H,3H2,1-2H3,(H2,26,28,29,32). The van der Waals surface area contributed by atoms with E-state index in [1.807, 2.05) is 38.1 Å². The molecule has 2 aromatic heterocycles. The SMILES string of the molecule is CCOc1ccc(C(=O)NC(=S)Nc2ccc(-c3nc4ncccc4o3)cc2C)cc1Br. The van der Waals surface area contributed by atoms with Gasteiger partial charge in [-0.15, -0.1) is 0 Å². The van der Waals surface area contributed by atoms with Crippen LogP contribution < -0.4 is 15.4 Å². The van der Waals surface area contributed by atoms with Crippen molar-refractivity contribution in [2.75, 3.05) is 11.9 Å². The molecule has 2 aromatic carbocycles. The van der Waals surface area contributed by atoms with Gasteiger partial charge < -0.3 is 14.5 Å². The molecule has 0 bridgehead atoms. The van der Waals surface area contributed by atoms with Crippen molar-refractivity contribution in [1.29, 1.82) is 0 Å². The van der Waals surface area contributed by atoms with Gasteiger partial charge in [0.25, 0.3) is 5.91 Å². The molecule has 4 aromatic rings. The summed E-state index contributed by atoms with van der Waals surface area (Å²) >= 11 is 8.74. The Morgan fingerprint density at radius 3 is 2.78 bits per heavy atom. The van der Waals surface area contributed by atoms with Gasteiger partial charge in [0.05, 0.1) is 11.1 Å². The van der Waals surface area contributed by atoms with Gasteiger partial charge in [-0.2, -0.15) is 4.98 Å². The van der Waals surface area contributed by atoms with Crippen LogP contribution in [0.1, 0.15) is 22.8 Å². The number of hydrogen-bond acceptors (Lipinski definition) is 6. The van der Waals surface area contributed by atoms with Crippen molar-refractivity contribution in [3.8, 4) is 17.2 Å². The third-order valence-corrected chi connectivity index (χ3v) is 5.43. The van der Waals surface area contributed by atoms with Gasteiger partial charge in [-0.1, -0.05) is 0 Å². The normalized spacial score (nSPS) is 10.7. The number of pyridine rings is 1. The van der Waals surface area contributed by atoms with Gasteiger partial charge in [0.2, 0.25) is 5.89 Å². The summed E-state index contributed by atoms with van der Waals surface area (Å²) < 4.78 is 11.9. The Morgan fingerprint density at radius 1 is 1.22 bits per heavy atom. The van der Waals surface area contributed by atoms with Crippen LogP contribution in [-0.2, 0) is 0 Å². The summed E-state index contributed by atoms with van der Waals surface area (Å²) in [7, 11) is 0. The quantitative estimate of drug-likeness (QED) is 0.343. The molecule has 0 aliphatic rings. The number of amides is 1. The van der Waals surface area contributed by atoms with E-state index in [-0.39, 0.29) is 11.0 Å². The monoisotopic (exact) mass is 510 g/mol. The molecule has 0 radical (unpaired) electrons. The number of anilines is 1. The number of oxazole rings is 1. The van der Waals surface area contributed by atoms with Crippen molar-refractivity contribution in [3.05, 3.63) is 70.3 Å². The number of carbonyl (C=O) groups is 1. The smallest absolute Gasteiger partial charge is 0.257 e. The largest absolute Gasteiger partial charge is 0.493 e. The number of fused-ring (bicyclic) bond motifs is 1. The van der Waals surface area contributed by atoms with E-state index >= 15 is 0 Å². The number of ether oxygens (including phenoxy) is 1. The lowest BCUT2D eigenvalue weighted by Crippen LogP contribution is -2.34. The highest BCUT2D eigenvalue weighted by Crippen LogP contribution is 2.27. The maximum absolute atomic E-state index is 12.5. The van der Waals surface area contributed by atoms with E-state index in [0.29, 0.717) is 39.5 Å². The number of halogens is 1. The summed E-state index contributed by atoms with van der Waals surface area (Å²) in [6.45, 7) is 4.37. The number of hydrogen-bond donors (Lipinski definition) is 2. The predicted octanol–water partition coefficient (Wildman–Crippen LogP) is 5.49. The fourth-order valence-electron chi connectivity index (χ4n) is 3.07. The third-order valence-electron chi connectivity index (χ3n) is 4.61. The van der Waals surface area contributed by atoms with Crippen molar-refractivity contribution in [2.45, 2.75) is 13.8 Å². The number of benzene rings is 2. The predicted molar refractivity (Wildman–Crippen MR) is 131 cm³/mol. The number of aryl methyl sites for hydroxylation is 1. The zero-order valence-corrected chi connectivity index (χ0v) is 19.7. The number of thiocarbonyl (C=S) groups is 1. The van der Waals surface area contributed by atoms with E-state index in [0.717, 1.165) is 16.8 Å². The summed E-state index contributed by atoms with van der Waals surface area (Å²) in [4.78, 5) is 21.2. The Balaban J connectivity index is 1.44. The number of rotatable bonds is 5. The highest BCUT2D eigenvalue weighted by atomic mass is 79.9. The molecule has 9 heteroatoms. The molecule has 0 atom stereocenters. The molecule has 2 N–H and O–H groups in total. The summed E-state index contributed by atoms with van der Waals surface area (Å²) in [6, 6.07) is 14.4. The van der Waals surface area contributed by atoms with Crippen LogP contribution in [-0.4, -0.2) is 27.6 Å². The lowest BCUT2D eigenvalue weighted by molar-refractivity contribution is 0.0977. The molecule has 7 nitrogen and oxygen atoms in total. The summed E-state index contributed by atoms with van der Waals surface area (Å²) in [6.07, 6.45) is 1.67. The first-order valence-corrected chi connectivity index (χ1v) is 11.0. The molecule has 1 amide bonds. The molecule has 0 unspecified atom stereocenters. The Bertz CT molecular complexity index is 1290. The molecule has 4 rings (SSSR count). The topological polar surface area (TPSA) is 89.3 Å². The van der Waals surface area contributed by atoms with Gasteiger partial charge in [-0.3, -0.25) is 10.1 Å². The molecule has 0 aliphatic heterocycles. The van der Waals surface area contributed by atoms with E-state index in [4.69, 9.17) is 21.4 Å². The molecule has 0 saturated heterocycles. The van der Waals surface area contributed by atoms with Crippen LogP contribution in [0.3, 0.4) is 0 Å². The minimum absolute atomic E-state index is 0.196. The Kier molecular flexibility index (Phi) is 6.48. The van der Waals surface area contributed by atoms with Crippen LogP contribution in [0.25, 0.3) is 22.7 Å². The van der Waals surface area contributed by atoms with Crippen LogP contribution in [0.15, 0.2) is 63.6 Å². The summed E-state index contributed by atoms with van der Waals surface area (Å²) in [5.41, 5.74) is 4.15.